The van der Waals surface area contributed by atoms with E-state index in [0.717, 1.165) is 0 Å². The van der Waals surface area contributed by atoms with Crippen LogP contribution in [-0.4, -0.2) is 35.2 Å². The predicted molar refractivity (Wildman–Crippen MR) is 104 cm³/mol. The molecule has 8 nitrogen and oxygen atoms in total. The van der Waals surface area contributed by atoms with Crippen LogP contribution in [0.25, 0.3) is 11.6 Å². The van der Waals surface area contributed by atoms with E-state index in [1.165, 1.54) is 11.8 Å². The van der Waals surface area contributed by atoms with Gasteiger partial charge in [0.25, 0.3) is 0 Å². The van der Waals surface area contributed by atoms with E-state index in [-0.39, 0.29) is 35.8 Å². The van der Waals surface area contributed by atoms with Crippen LogP contribution >= 0.6 is 15.9 Å². The number of anilines is 1. The van der Waals surface area contributed by atoms with Gasteiger partial charge in [-0.3, -0.25) is 0 Å². The number of allylic oxidation sites excluding steroid dienone is 1. The van der Waals surface area contributed by atoms with Crippen LogP contribution in [0.5, 0.6) is 11.5 Å². The first kappa shape index (κ1) is 20.3. The Kier molecular flexibility index (Phi) is 6.83. The van der Waals surface area contributed by atoms with E-state index in [2.05, 4.69) is 27.1 Å². The van der Waals surface area contributed by atoms with E-state index in [1.807, 2.05) is 13.0 Å². The third kappa shape index (κ3) is 4.22. The van der Waals surface area contributed by atoms with Gasteiger partial charge in [-0.1, -0.05) is 0 Å². The van der Waals surface area contributed by atoms with Gasteiger partial charge >= 0.3 is 0 Å². The predicted octanol–water partition coefficient (Wildman–Crippen LogP) is 2.56. The molecule has 3 N–H and O–H groups in total. The monoisotopic (exact) mass is 431 g/mol. The molecule has 0 saturated carbocycles. The number of nitrogens with zero attached hydrogens (tertiary/aromatic N) is 4. The van der Waals surface area contributed by atoms with Gasteiger partial charge in [-0.05, 0) is 46.6 Å². The maximum Gasteiger partial charge on any atom is 0.174 e. The minimum Gasteiger partial charge on any atom is -0.492 e. The summed E-state index contributed by atoms with van der Waals surface area (Å²) in [5.74, 6) is 1.17. The molecular formula is C18H18BrN5O3. The molecule has 1 heterocycles. The van der Waals surface area contributed by atoms with Crippen LogP contribution in [0, 0.1) is 22.7 Å². The minimum absolute atomic E-state index is 0.0915. The van der Waals surface area contributed by atoms with Gasteiger partial charge in [0, 0.05) is 0 Å². The Morgan fingerprint density at radius 2 is 2.19 bits per heavy atom. The van der Waals surface area contributed by atoms with Crippen LogP contribution in [0.4, 0.5) is 5.82 Å². The molecule has 0 saturated heterocycles. The van der Waals surface area contributed by atoms with E-state index in [4.69, 9.17) is 20.3 Å². The van der Waals surface area contributed by atoms with Crippen molar-refractivity contribution in [2.45, 2.75) is 13.5 Å². The van der Waals surface area contributed by atoms with Crippen LogP contribution in [-0.2, 0) is 6.54 Å². The molecule has 0 amide bonds. The molecule has 0 aliphatic carbocycles. The first-order valence-corrected chi connectivity index (χ1v) is 8.79. The fourth-order valence-electron chi connectivity index (χ4n) is 2.49. The quantitative estimate of drug-likeness (QED) is 0.643. The number of aliphatic hydroxyl groups is 1. The second-order valence-corrected chi connectivity index (χ2v) is 6.16. The average molecular weight is 432 g/mol. The third-order valence-electron chi connectivity index (χ3n) is 3.64. The first-order chi connectivity index (χ1) is 13.0. The largest absolute Gasteiger partial charge is 0.492 e. The molecule has 0 radical (unpaired) electrons. The maximum absolute atomic E-state index is 9.60. The zero-order valence-electron chi connectivity index (χ0n) is 14.9. The molecule has 0 atom stereocenters. The topological polar surface area (TPSA) is 130 Å². The zero-order valence-corrected chi connectivity index (χ0v) is 16.4. The van der Waals surface area contributed by atoms with Gasteiger partial charge in [-0.15, -0.1) is 0 Å². The lowest BCUT2D eigenvalue weighted by Crippen LogP contribution is -2.07. The number of methoxy groups -OCH3 is 1. The Bertz CT molecular complexity index is 953. The van der Waals surface area contributed by atoms with Crippen molar-refractivity contribution in [1.29, 1.82) is 10.5 Å². The number of nitrogen functional groups attached to an aromatic ring is 1. The number of nitrogens with two attached hydrogens (primary N) is 1. The van der Waals surface area contributed by atoms with E-state index in [1.54, 1.807) is 18.2 Å². The number of hydrogen-bond acceptors (Lipinski definition) is 7. The molecule has 2 rings (SSSR count). The summed E-state index contributed by atoms with van der Waals surface area (Å²) in [6.07, 6.45) is 1.58. The molecular weight excluding hydrogens is 414 g/mol. The van der Waals surface area contributed by atoms with Crippen molar-refractivity contribution in [3.8, 4) is 23.6 Å². The molecule has 0 spiro atoms. The number of aromatic nitrogens is 2. The highest BCUT2D eigenvalue weighted by Crippen LogP contribution is 2.37. The van der Waals surface area contributed by atoms with Crippen molar-refractivity contribution in [2.75, 3.05) is 26.1 Å². The van der Waals surface area contributed by atoms with Crippen molar-refractivity contribution in [2.24, 2.45) is 0 Å². The Balaban J connectivity index is 2.59. The summed E-state index contributed by atoms with van der Waals surface area (Å²) < 4.78 is 12.9. The van der Waals surface area contributed by atoms with Gasteiger partial charge < -0.3 is 20.3 Å². The molecule has 0 aliphatic rings. The number of hydrogen-bond donors (Lipinski definition) is 2. The van der Waals surface area contributed by atoms with Crippen molar-refractivity contribution in [1.82, 2.24) is 9.78 Å². The molecule has 0 bridgehead atoms. The first-order valence-electron chi connectivity index (χ1n) is 8.00. The Morgan fingerprint density at radius 3 is 2.74 bits per heavy atom. The fourth-order valence-corrected chi connectivity index (χ4v) is 3.11. The Morgan fingerprint density at radius 1 is 1.44 bits per heavy atom. The summed E-state index contributed by atoms with van der Waals surface area (Å²) in [7, 11) is 1.54. The second kappa shape index (κ2) is 9.08. The van der Waals surface area contributed by atoms with Crippen LogP contribution in [0.3, 0.4) is 0 Å². The summed E-state index contributed by atoms with van der Waals surface area (Å²) in [5.41, 5.74) is 6.97. The number of rotatable bonds is 7. The highest BCUT2D eigenvalue weighted by Gasteiger charge is 2.19. The summed E-state index contributed by atoms with van der Waals surface area (Å²) in [6.45, 7) is 2.24. The highest BCUT2D eigenvalue weighted by molar-refractivity contribution is 9.10. The molecule has 1 aromatic heterocycles. The smallest absolute Gasteiger partial charge is 0.174 e. The lowest BCUT2D eigenvalue weighted by molar-refractivity contribution is 0.270. The zero-order chi connectivity index (χ0) is 20.0. The van der Waals surface area contributed by atoms with Gasteiger partial charge in [0.15, 0.2) is 11.5 Å². The van der Waals surface area contributed by atoms with Crippen molar-refractivity contribution < 1.29 is 14.6 Å². The molecule has 9 heteroatoms. The second-order valence-electron chi connectivity index (χ2n) is 5.30. The third-order valence-corrected chi connectivity index (χ3v) is 4.23. The van der Waals surface area contributed by atoms with Crippen molar-refractivity contribution in [3.05, 3.63) is 33.4 Å². The molecule has 0 fully saturated rings. The van der Waals surface area contributed by atoms with E-state index < -0.39 is 0 Å². The summed E-state index contributed by atoms with van der Waals surface area (Å²) in [5, 5.41) is 32.3. The number of halogens is 1. The summed E-state index contributed by atoms with van der Waals surface area (Å²) in [4.78, 5) is 0. The Labute approximate surface area is 165 Å². The van der Waals surface area contributed by atoms with Crippen molar-refractivity contribution >= 4 is 33.4 Å². The highest BCUT2D eigenvalue weighted by atomic mass is 79.9. The number of aliphatic hydroxyl groups excluding tert-OH is 1. The van der Waals surface area contributed by atoms with Crippen LogP contribution < -0.4 is 15.2 Å². The maximum atomic E-state index is 9.60. The lowest BCUT2D eigenvalue weighted by Gasteiger charge is -2.12. The van der Waals surface area contributed by atoms with Gasteiger partial charge in [-0.25, -0.2) is 4.68 Å². The van der Waals surface area contributed by atoms with Crippen LogP contribution in [0.15, 0.2) is 16.6 Å². The van der Waals surface area contributed by atoms with Crippen LogP contribution in [0.1, 0.15) is 23.7 Å². The average Bonchev–Trinajstić information content (AvgIpc) is 2.95. The fraction of sp³-hybridized carbons (Fsp3) is 0.278. The normalized spacial score (nSPS) is 11.0. The van der Waals surface area contributed by atoms with Gasteiger partial charge in [0.2, 0.25) is 0 Å². The van der Waals surface area contributed by atoms with E-state index >= 15 is 0 Å². The summed E-state index contributed by atoms with van der Waals surface area (Å²) in [6, 6.07) is 7.51. The summed E-state index contributed by atoms with van der Waals surface area (Å²) >= 11 is 3.42. The van der Waals surface area contributed by atoms with E-state index in [0.29, 0.717) is 28.1 Å². The molecule has 0 unspecified atom stereocenters. The molecule has 140 valence electrons. The SMILES string of the molecule is CCOc1cc(/C=C(/C#N)c2nn(CCO)c(N)c2C#N)cc(Br)c1OC. The standard InChI is InChI=1S/C18H18BrN5O3/c1-3-27-15-8-11(7-14(19)17(15)26-2)6-12(9-20)16-13(10-21)18(22)24(23-16)4-5-25/h6-8,25H,3-5,22H2,1-2H3/b12-6-. The number of nitriles is 2. The lowest BCUT2D eigenvalue weighted by atomic mass is 10.1. The number of benzene rings is 1. The van der Waals surface area contributed by atoms with Crippen molar-refractivity contribution in [3.63, 3.8) is 0 Å². The van der Waals surface area contributed by atoms with Crippen LogP contribution in [0.2, 0.25) is 0 Å². The Hall–Kier alpha value is -3.01. The molecule has 2 aromatic rings. The number of ether oxygens (including phenoxy) is 2. The van der Waals surface area contributed by atoms with Gasteiger partial charge in [0.05, 0.1) is 36.9 Å². The molecule has 1 aromatic carbocycles. The minimum atomic E-state index is -0.190. The van der Waals surface area contributed by atoms with Gasteiger partial charge in [-0.2, -0.15) is 15.6 Å². The van der Waals surface area contributed by atoms with E-state index in [9.17, 15) is 10.5 Å². The molecule has 0 aliphatic heterocycles. The molecule has 27 heavy (non-hydrogen) atoms. The van der Waals surface area contributed by atoms with Gasteiger partial charge in [0.1, 0.15) is 29.2 Å².